The molecule has 1 N–H and O–H groups in total. The molecule has 0 aromatic heterocycles. The molecule has 1 aliphatic rings. The molecule has 0 bridgehead atoms. The van der Waals surface area contributed by atoms with E-state index in [-0.39, 0.29) is 0 Å². The number of hydrogen-bond acceptors (Lipinski definition) is 3. The Morgan fingerprint density at radius 1 is 1.10 bits per heavy atom. The summed E-state index contributed by atoms with van der Waals surface area (Å²) in [6, 6.07) is 18.8. The zero-order chi connectivity index (χ0) is 20.9. The van der Waals surface area contributed by atoms with E-state index in [1.54, 1.807) is 6.07 Å². The molecule has 0 aliphatic carbocycles. The molecule has 30 heavy (non-hydrogen) atoms. The Bertz CT molecular complexity index is 1010. The Morgan fingerprint density at radius 3 is 2.80 bits per heavy atom. The fourth-order valence-corrected chi connectivity index (χ4v) is 4.80. The number of benzene rings is 3. The zero-order valence-electron chi connectivity index (χ0n) is 17.3. The molecule has 1 aliphatic heterocycles. The van der Waals surface area contributed by atoms with Crippen LogP contribution in [0.3, 0.4) is 0 Å². The fourth-order valence-electron chi connectivity index (χ4n) is 4.33. The number of likely N-dealkylation sites (N-methyl/N-ethyl adjacent to an activating group) is 1. The summed E-state index contributed by atoms with van der Waals surface area (Å²) in [5, 5.41) is 7.40. The Kier molecular flexibility index (Phi) is 7.16. The van der Waals surface area contributed by atoms with Crippen LogP contribution in [0.2, 0.25) is 10.0 Å². The Balaban J connectivity index is 1.52. The van der Waals surface area contributed by atoms with Gasteiger partial charge in [-0.15, -0.1) is 0 Å². The molecule has 0 saturated carbocycles. The quantitative estimate of drug-likeness (QED) is 0.442. The Labute approximate surface area is 188 Å². The Morgan fingerprint density at radius 2 is 1.97 bits per heavy atom. The SMILES string of the molecule is CCN1CCC[C@@H]1CNCc1c(OCc2ccc(Cl)cc2Cl)ccc2ccccc12. The van der Waals surface area contributed by atoms with Crippen molar-refractivity contribution in [1.29, 1.82) is 0 Å². The first kappa shape index (κ1) is 21.5. The molecule has 1 saturated heterocycles. The van der Waals surface area contributed by atoms with Gasteiger partial charge in [-0.3, -0.25) is 4.90 Å². The van der Waals surface area contributed by atoms with Crippen molar-refractivity contribution < 1.29 is 4.74 Å². The van der Waals surface area contributed by atoms with Crippen molar-refractivity contribution in [1.82, 2.24) is 10.2 Å². The van der Waals surface area contributed by atoms with Crippen LogP contribution in [0.4, 0.5) is 0 Å². The third kappa shape index (κ3) is 4.92. The van der Waals surface area contributed by atoms with Crippen molar-refractivity contribution in [2.75, 3.05) is 19.6 Å². The standard InChI is InChI=1S/C25H28Cl2N2O/c1-2-29-13-5-7-21(29)15-28-16-23-22-8-4-3-6-18(22)10-12-25(23)30-17-19-9-11-20(26)14-24(19)27/h3-4,6,8-12,14,21,28H,2,5,7,13,15-17H2,1H3/t21-/m1/s1. The van der Waals surface area contributed by atoms with Crippen molar-refractivity contribution in [3.8, 4) is 5.75 Å². The molecular weight excluding hydrogens is 415 g/mol. The normalized spacial score (nSPS) is 17.0. The van der Waals surface area contributed by atoms with E-state index in [2.05, 4.69) is 53.5 Å². The van der Waals surface area contributed by atoms with Crippen LogP contribution in [0.1, 0.15) is 30.9 Å². The number of likely N-dealkylation sites (tertiary alicyclic amines) is 1. The van der Waals surface area contributed by atoms with Crippen LogP contribution in [0.5, 0.6) is 5.75 Å². The lowest BCUT2D eigenvalue weighted by Gasteiger charge is -2.23. The number of nitrogens with zero attached hydrogens (tertiary/aromatic N) is 1. The maximum Gasteiger partial charge on any atom is 0.124 e. The van der Waals surface area contributed by atoms with Crippen molar-refractivity contribution in [2.45, 2.75) is 39.0 Å². The molecule has 3 aromatic carbocycles. The number of hydrogen-bond donors (Lipinski definition) is 1. The number of nitrogens with one attached hydrogen (secondary N) is 1. The van der Waals surface area contributed by atoms with Gasteiger partial charge in [-0.25, -0.2) is 0 Å². The van der Waals surface area contributed by atoms with Crippen LogP contribution < -0.4 is 10.1 Å². The lowest BCUT2D eigenvalue weighted by Crippen LogP contribution is -2.37. The van der Waals surface area contributed by atoms with Crippen molar-refractivity contribution in [3.63, 3.8) is 0 Å². The number of ether oxygens (including phenoxy) is 1. The number of rotatable bonds is 8. The topological polar surface area (TPSA) is 24.5 Å². The molecule has 0 spiro atoms. The predicted molar refractivity (Wildman–Crippen MR) is 127 cm³/mol. The second-order valence-corrected chi connectivity index (χ2v) is 8.69. The van der Waals surface area contributed by atoms with Gasteiger partial charge in [-0.1, -0.05) is 66.5 Å². The zero-order valence-corrected chi connectivity index (χ0v) is 18.8. The maximum atomic E-state index is 6.33. The van der Waals surface area contributed by atoms with Gasteiger partial charge in [-0.2, -0.15) is 0 Å². The van der Waals surface area contributed by atoms with Crippen molar-refractivity contribution in [2.24, 2.45) is 0 Å². The first-order valence-corrected chi connectivity index (χ1v) is 11.4. The van der Waals surface area contributed by atoms with Gasteiger partial charge in [0, 0.05) is 40.3 Å². The molecule has 4 rings (SSSR count). The molecule has 158 valence electrons. The summed E-state index contributed by atoms with van der Waals surface area (Å²) in [6.45, 7) is 6.77. The van der Waals surface area contributed by atoms with E-state index in [9.17, 15) is 0 Å². The van der Waals surface area contributed by atoms with E-state index in [0.717, 1.165) is 30.9 Å². The van der Waals surface area contributed by atoms with Gasteiger partial charge in [0.15, 0.2) is 0 Å². The summed E-state index contributed by atoms with van der Waals surface area (Å²) in [7, 11) is 0. The summed E-state index contributed by atoms with van der Waals surface area (Å²) in [5.74, 6) is 0.894. The van der Waals surface area contributed by atoms with Crippen LogP contribution in [0, 0.1) is 0 Å². The molecule has 1 heterocycles. The average Bonchev–Trinajstić information content (AvgIpc) is 3.21. The monoisotopic (exact) mass is 442 g/mol. The van der Waals surface area contributed by atoms with Crippen molar-refractivity contribution in [3.05, 3.63) is 75.8 Å². The highest BCUT2D eigenvalue weighted by Crippen LogP contribution is 2.30. The first-order valence-electron chi connectivity index (χ1n) is 10.7. The van der Waals surface area contributed by atoms with Crippen LogP contribution in [0.25, 0.3) is 10.8 Å². The first-order chi connectivity index (χ1) is 14.7. The number of fused-ring (bicyclic) bond motifs is 1. The van der Waals surface area contributed by atoms with Gasteiger partial charge in [0.25, 0.3) is 0 Å². The molecule has 0 radical (unpaired) electrons. The second kappa shape index (κ2) is 10.0. The van der Waals surface area contributed by atoms with E-state index in [1.165, 1.54) is 35.7 Å². The number of halogens is 2. The fraction of sp³-hybridized carbons (Fsp3) is 0.360. The lowest BCUT2D eigenvalue weighted by molar-refractivity contribution is 0.259. The maximum absolute atomic E-state index is 6.33. The summed E-state index contributed by atoms with van der Waals surface area (Å²) in [6.07, 6.45) is 2.57. The highest BCUT2D eigenvalue weighted by molar-refractivity contribution is 6.35. The Hall–Kier alpha value is -1.78. The molecular formula is C25H28Cl2N2O. The third-order valence-electron chi connectivity index (χ3n) is 5.98. The van der Waals surface area contributed by atoms with E-state index in [0.29, 0.717) is 22.7 Å². The summed E-state index contributed by atoms with van der Waals surface area (Å²) >= 11 is 12.4. The molecule has 1 atom stereocenters. The highest BCUT2D eigenvalue weighted by Gasteiger charge is 2.22. The smallest absolute Gasteiger partial charge is 0.124 e. The molecule has 3 aromatic rings. The molecule has 0 amide bonds. The highest BCUT2D eigenvalue weighted by atomic mass is 35.5. The van der Waals surface area contributed by atoms with Gasteiger partial charge in [0.2, 0.25) is 0 Å². The minimum atomic E-state index is 0.410. The minimum absolute atomic E-state index is 0.410. The van der Waals surface area contributed by atoms with Gasteiger partial charge >= 0.3 is 0 Å². The second-order valence-electron chi connectivity index (χ2n) is 7.84. The van der Waals surface area contributed by atoms with E-state index in [4.69, 9.17) is 27.9 Å². The van der Waals surface area contributed by atoms with Crippen LogP contribution in [-0.4, -0.2) is 30.6 Å². The van der Waals surface area contributed by atoms with Crippen LogP contribution >= 0.6 is 23.2 Å². The molecule has 0 unspecified atom stereocenters. The lowest BCUT2D eigenvalue weighted by atomic mass is 10.0. The van der Waals surface area contributed by atoms with Gasteiger partial charge in [-0.05, 0) is 54.9 Å². The third-order valence-corrected chi connectivity index (χ3v) is 6.57. The van der Waals surface area contributed by atoms with Crippen molar-refractivity contribution >= 4 is 34.0 Å². The summed E-state index contributed by atoms with van der Waals surface area (Å²) in [5.41, 5.74) is 2.12. The molecule has 1 fully saturated rings. The minimum Gasteiger partial charge on any atom is -0.488 e. The van der Waals surface area contributed by atoms with Crippen LogP contribution in [0.15, 0.2) is 54.6 Å². The van der Waals surface area contributed by atoms with Gasteiger partial charge in [0.1, 0.15) is 12.4 Å². The predicted octanol–water partition coefficient (Wildman–Crippen LogP) is 6.30. The average molecular weight is 443 g/mol. The van der Waals surface area contributed by atoms with E-state index < -0.39 is 0 Å². The van der Waals surface area contributed by atoms with Gasteiger partial charge in [0.05, 0.1) is 0 Å². The van der Waals surface area contributed by atoms with E-state index in [1.807, 2.05) is 12.1 Å². The van der Waals surface area contributed by atoms with Gasteiger partial charge < -0.3 is 10.1 Å². The van der Waals surface area contributed by atoms with E-state index >= 15 is 0 Å². The molecule has 3 nitrogen and oxygen atoms in total. The van der Waals surface area contributed by atoms with Crippen LogP contribution in [-0.2, 0) is 13.2 Å². The summed E-state index contributed by atoms with van der Waals surface area (Å²) < 4.78 is 6.24. The largest absolute Gasteiger partial charge is 0.488 e. The molecule has 5 heteroatoms. The summed E-state index contributed by atoms with van der Waals surface area (Å²) in [4.78, 5) is 2.57.